The summed E-state index contributed by atoms with van der Waals surface area (Å²) in [7, 11) is -1.06. The maximum absolute atomic E-state index is 12.4. The lowest BCUT2D eigenvalue weighted by molar-refractivity contribution is 0.0937. The number of phenolic OH excluding ortho intramolecular Hbond substituents is 1. The van der Waals surface area contributed by atoms with Crippen LogP contribution in [0.4, 0.5) is 0 Å². The number of carbonyl (C=O) groups is 1. The zero-order chi connectivity index (χ0) is 16.1. The van der Waals surface area contributed by atoms with Gasteiger partial charge in [-0.05, 0) is 24.1 Å². The highest BCUT2D eigenvalue weighted by Crippen LogP contribution is 2.22. The maximum atomic E-state index is 12.4. The molecule has 0 aliphatic heterocycles. The molecule has 2 N–H and O–H groups in total. The molecule has 2 atom stereocenters. The van der Waals surface area contributed by atoms with Gasteiger partial charge in [-0.2, -0.15) is 0 Å². The van der Waals surface area contributed by atoms with Crippen LogP contribution in [0.5, 0.6) is 5.75 Å². The molecule has 0 fully saturated rings. The second-order valence-electron chi connectivity index (χ2n) is 5.15. The Labute approximate surface area is 132 Å². The summed E-state index contributed by atoms with van der Waals surface area (Å²) >= 11 is 0. The molecule has 0 saturated heterocycles. The van der Waals surface area contributed by atoms with E-state index in [1.54, 1.807) is 31.4 Å². The van der Waals surface area contributed by atoms with Crippen LogP contribution in [0.25, 0.3) is 0 Å². The van der Waals surface area contributed by atoms with Crippen molar-refractivity contribution in [3.05, 3.63) is 65.2 Å². The first-order valence-electron chi connectivity index (χ1n) is 6.93. The molecule has 22 heavy (non-hydrogen) atoms. The minimum Gasteiger partial charge on any atom is -0.507 e. The zero-order valence-corrected chi connectivity index (χ0v) is 13.4. The molecule has 0 aliphatic carbocycles. The first kappa shape index (κ1) is 16.2. The second-order valence-corrected chi connectivity index (χ2v) is 6.63. The zero-order valence-electron chi connectivity index (χ0n) is 12.6. The number of aromatic hydroxyl groups is 1. The number of aryl methyl sites for hydroxylation is 1. The highest BCUT2D eigenvalue weighted by atomic mass is 32.2. The maximum Gasteiger partial charge on any atom is 0.255 e. The molecule has 0 aliphatic rings. The van der Waals surface area contributed by atoms with Crippen LogP contribution in [0, 0.1) is 6.92 Å². The summed E-state index contributed by atoms with van der Waals surface area (Å²) in [4.78, 5) is 12.4. The molecule has 116 valence electrons. The number of amides is 1. The molecule has 0 unspecified atom stereocenters. The van der Waals surface area contributed by atoms with Crippen LogP contribution >= 0.6 is 0 Å². The first-order valence-corrected chi connectivity index (χ1v) is 8.66. The summed E-state index contributed by atoms with van der Waals surface area (Å²) in [6.45, 7) is 1.74. The average molecular weight is 317 g/mol. The number of benzene rings is 2. The Kier molecular flexibility index (Phi) is 5.33. The van der Waals surface area contributed by atoms with Crippen LogP contribution in [-0.4, -0.2) is 27.2 Å². The second kappa shape index (κ2) is 7.22. The summed E-state index contributed by atoms with van der Waals surface area (Å²) in [5.41, 5.74) is 1.75. The molecule has 2 aromatic rings. The largest absolute Gasteiger partial charge is 0.507 e. The van der Waals surface area contributed by atoms with Crippen molar-refractivity contribution in [2.45, 2.75) is 13.0 Å². The number of hydrogen-bond donors (Lipinski definition) is 2. The molecule has 0 saturated carbocycles. The average Bonchev–Trinajstić information content (AvgIpc) is 2.49. The van der Waals surface area contributed by atoms with Gasteiger partial charge in [0.15, 0.2) is 0 Å². The molecular weight excluding hydrogens is 298 g/mol. The van der Waals surface area contributed by atoms with Crippen LogP contribution in [0.3, 0.4) is 0 Å². The molecule has 0 bridgehead atoms. The Bertz CT molecular complexity index is 686. The van der Waals surface area contributed by atoms with Crippen molar-refractivity contribution in [2.24, 2.45) is 0 Å². The molecule has 0 radical (unpaired) electrons. The van der Waals surface area contributed by atoms with Crippen LogP contribution in [-0.2, 0) is 10.8 Å². The van der Waals surface area contributed by atoms with E-state index >= 15 is 0 Å². The Balaban J connectivity index is 2.25. The molecular formula is C17H19NO3S. The number of para-hydroxylation sites is 1. The predicted molar refractivity (Wildman–Crippen MR) is 88.4 cm³/mol. The van der Waals surface area contributed by atoms with Crippen molar-refractivity contribution < 1.29 is 14.1 Å². The van der Waals surface area contributed by atoms with Crippen molar-refractivity contribution in [2.75, 3.05) is 12.0 Å². The Morgan fingerprint density at radius 1 is 1.18 bits per heavy atom. The van der Waals surface area contributed by atoms with Crippen LogP contribution < -0.4 is 5.32 Å². The fourth-order valence-electron chi connectivity index (χ4n) is 2.22. The Hall–Kier alpha value is -2.14. The number of nitrogens with one attached hydrogen (secondary N) is 1. The van der Waals surface area contributed by atoms with Crippen molar-refractivity contribution in [1.82, 2.24) is 5.32 Å². The molecule has 0 aromatic heterocycles. The molecule has 1 amide bonds. The fraction of sp³-hybridized carbons (Fsp3) is 0.235. The van der Waals surface area contributed by atoms with E-state index < -0.39 is 10.8 Å². The quantitative estimate of drug-likeness (QED) is 0.890. The molecule has 2 rings (SSSR count). The van der Waals surface area contributed by atoms with Gasteiger partial charge in [-0.3, -0.25) is 9.00 Å². The number of rotatable bonds is 5. The van der Waals surface area contributed by atoms with Crippen LogP contribution in [0.1, 0.15) is 27.5 Å². The van der Waals surface area contributed by atoms with Gasteiger partial charge in [0, 0.05) is 22.8 Å². The number of phenols is 1. The van der Waals surface area contributed by atoms with Crippen LogP contribution in [0.15, 0.2) is 48.5 Å². The van der Waals surface area contributed by atoms with Gasteiger partial charge in [0.05, 0.1) is 11.6 Å². The monoisotopic (exact) mass is 317 g/mol. The Morgan fingerprint density at radius 3 is 2.50 bits per heavy atom. The lowest BCUT2D eigenvalue weighted by Crippen LogP contribution is -2.32. The lowest BCUT2D eigenvalue weighted by atomic mass is 10.1. The molecule has 0 spiro atoms. The van der Waals surface area contributed by atoms with E-state index in [0.717, 1.165) is 5.56 Å². The Morgan fingerprint density at radius 2 is 1.86 bits per heavy atom. The summed E-state index contributed by atoms with van der Waals surface area (Å²) in [6.07, 6.45) is 1.60. The van der Waals surface area contributed by atoms with Gasteiger partial charge in [0.25, 0.3) is 5.91 Å². The van der Waals surface area contributed by atoms with E-state index in [1.165, 1.54) is 0 Å². The van der Waals surface area contributed by atoms with Crippen molar-refractivity contribution in [3.8, 4) is 5.75 Å². The van der Waals surface area contributed by atoms with E-state index in [0.29, 0.717) is 11.3 Å². The summed E-state index contributed by atoms with van der Waals surface area (Å²) < 4.78 is 11.6. The third-order valence-corrected chi connectivity index (χ3v) is 4.19. The van der Waals surface area contributed by atoms with Gasteiger partial charge in [0.1, 0.15) is 5.75 Å². The fourth-order valence-corrected chi connectivity index (χ4v) is 2.96. The van der Waals surface area contributed by atoms with Crippen molar-refractivity contribution in [1.29, 1.82) is 0 Å². The van der Waals surface area contributed by atoms with Crippen molar-refractivity contribution in [3.63, 3.8) is 0 Å². The molecule has 2 aromatic carbocycles. The predicted octanol–water partition coefficient (Wildman–Crippen LogP) is 2.55. The van der Waals surface area contributed by atoms with Gasteiger partial charge in [0.2, 0.25) is 0 Å². The van der Waals surface area contributed by atoms with Gasteiger partial charge in [-0.15, -0.1) is 0 Å². The summed E-state index contributed by atoms with van der Waals surface area (Å²) in [6, 6.07) is 14.1. The minimum absolute atomic E-state index is 0.0237. The summed E-state index contributed by atoms with van der Waals surface area (Å²) in [5.74, 6) is -0.0765. The SMILES string of the molecule is Cc1cccc(C(=O)N[C@H](C[S@](C)=O)c2ccccc2)c1O. The number of hydrogen-bond acceptors (Lipinski definition) is 3. The summed E-state index contributed by atoms with van der Waals surface area (Å²) in [5, 5.41) is 12.9. The number of carbonyl (C=O) groups excluding carboxylic acids is 1. The first-order chi connectivity index (χ1) is 10.5. The molecule has 4 nitrogen and oxygen atoms in total. The van der Waals surface area contributed by atoms with Gasteiger partial charge >= 0.3 is 0 Å². The molecule has 5 heteroatoms. The standard InChI is InChI=1S/C17H19NO3S/c1-12-7-6-10-14(16(12)19)17(20)18-15(11-22(2)21)13-8-4-3-5-9-13/h3-10,15,19H,11H2,1-2H3,(H,18,20)/t15-,22+/m1/s1. The smallest absolute Gasteiger partial charge is 0.255 e. The van der Waals surface area contributed by atoms with E-state index in [2.05, 4.69) is 5.32 Å². The third kappa shape index (κ3) is 3.95. The van der Waals surface area contributed by atoms with E-state index in [1.807, 2.05) is 30.3 Å². The highest BCUT2D eigenvalue weighted by molar-refractivity contribution is 7.84. The topological polar surface area (TPSA) is 66.4 Å². The molecule has 0 heterocycles. The van der Waals surface area contributed by atoms with E-state index in [9.17, 15) is 14.1 Å². The van der Waals surface area contributed by atoms with Gasteiger partial charge < -0.3 is 10.4 Å². The normalized spacial score (nSPS) is 13.4. The van der Waals surface area contributed by atoms with Crippen molar-refractivity contribution >= 4 is 16.7 Å². The van der Waals surface area contributed by atoms with E-state index in [4.69, 9.17) is 0 Å². The highest BCUT2D eigenvalue weighted by Gasteiger charge is 2.19. The minimum atomic E-state index is -1.06. The van der Waals surface area contributed by atoms with Gasteiger partial charge in [-0.1, -0.05) is 42.5 Å². The van der Waals surface area contributed by atoms with Crippen LogP contribution in [0.2, 0.25) is 0 Å². The third-order valence-electron chi connectivity index (χ3n) is 3.39. The van der Waals surface area contributed by atoms with E-state index in [-0.39, 0.29) is 23.3 Å². The lowest BCUT2D eigenvalue weighted by Gasteiger charge is -2.19. The van der Waals surface area contributed by atoms with Gasteiger partial charge in [-0.25, -0.2) is 0 Å².